The maximum Gasteiger partial charge on any atom is 0.320 e. The van der Waals surface area contributed by atoms with Gasteiger partial charge in [-0.05, 0) is 35.2 Å². The van der Waals surface area contributed by atoms with Crippen molar-refractivity contribution in [1.82, 2.24) is 15.1 Å². The summed E-state index contributed by atoms with van der Waals surface area (Å²) in [5.74, 6) is -0.780. The quantitative estimate of drug-likeness (QED) is 0.826. The van der Waals surface area contributed by atoms with E-state index in [9.17, 15) is 4.79 Å². The Labute approximate surface area is 102 Å². The highest BCUT2D eigenvalue weighted by molar-refractivity contribution is 9.10. The van der Waals surface area contributed by atoms with Crippen molar-refractivity contribution < 1.29 is 9.90 Å². The van der Waals surface area contributed by atoms with E-state index in [1.165, 1.54) is 0 Å². The molecule has 1 saturated carbocycles. The van der Waals surface area contributed by atoms with Gasteiger partial charge in [-0.3, -0.25) is 9.48 Å². The Balaban J connectivity index is 1.83. The third-order valence-corrected chi connectivity index (χ3v) is 2.97. The van der Waals surface area contributed by atoms with Crippen LogP contribution in [0, 0.1) is 0 Å². The molecule has 2 N–H and O–H groups in total. The standard InChI is InChI=1S/C10H14BrN3O2/c11-7-5-12-14(6-7)4-3-9(10(15)16)13-8-1-2-8/h5-6,8-9,13H,1-4H2,(H,15,16). The molecule has 0 saturated heterocycles. The molecular weight excluding hydrogens is 274 g/mol. The lowest BCUT2D eigenvalue weighted by molar-refractivity contribution is -0.139. The minimum atomic E-state index is -0.780. The molecule has 1 atom stereocenters. The maximum absolute atomic E-state index is 11.0. The van der Waals surface area contributed by atoms with Crippen molar-refractivity contribution in [2.45, 2.75) is 37.9 Å². The molecule has 1 unspecified atom stereocenters. The van der Waals surface area contributed by atoms with Crippen LogP contribution in [0.2, 0.25) is 0 Å². The number of carbonyl (C=O) groups is 1. The number of aliphatic carboxylic acids is 1. The highest BCUT2D eigenvalue weighted by Gasteiger charge is 2.27. The Kier molecular flexibility index (Phi) is 3.60. The molecule has 0 amide bonds. The van der Waals surface area contributed by atoms with Crippen molar-refractivity contribution in [3.05, 3.63) is 16.9 Å². The van der Waals surface area contributed by atoms with Crippen LogP contribution in [-0.4, -0.2) is 32.9 Å². The zero-order chi connectivity index (χ0) is 11.5. The van der Waals surface area contributed by atoms with Crippen molar-refractivity contribution in [2.75, 3.05) is 0 Å². The Morgan fingerprint density at radius 3 is 3.00 bits per heavy atom. The molecule has 2 rings (SSSR count). The maximum atomic E-state index is 11.0. The lowest BCUT2D eigenvalue weighted by atomic mass is 10.2. The molecule has 88 valence electrons. The summed E-state index contributed by atoms with van der Waals surface area (Å²) in [7, 11) is 0. The molecule has 6 heteroatoms. The molecule has 1 aromatic heterocycles. The van der Waals surface area contributed by atoms with Crippen LogP contribution in [-0.2, 0) is 11.3 Å². The summed E-state index contributed by atoms with van der Waals surface area (Å²) >= 11 is 3.30. The Morgan fingerprint density at radius 2 is 2.50 bits per heavy atom. The summed E-state index contributed by atoms with van der Waals surface area (Å²) < 4.78 is 2.66. The van der Waals surface area contributed by atoms with Crippen LogP contribution in [0.4, 0.5) is 0 Å². The first-order valence-electron chi connectivity index (χ1n) is 5.32. The average Bonchev–Trinajstić information content (AvgIpc) is 2.95. The van der Waals surface area contributed by atoms with Crippen molar-refractivity contribution in [2.24, 2.45) is 0 Å². The van der Waals surface area contributed by atoms with Crippen LogP contribution in [0.15, 0.2) is 16.9 Å². The van der Waals surface area contributed by atoms with E-state index in [-0.39, 0.29) is 0 Å². The van der Waals surface area contributed by atoms with Crippen LogP contribution in [0.5, 0.6) is 0 Å². The van der Waals surface area contributed by atoms with Gasteiger partial charge >= 0.3 is 5.97 Å². The van der Waals surface area contributed by atoms with E-state index in [2.05, 4.69) is 26.3 Å². The van der Waals surface area contributed by atoms with Crippen LogP contribution < -0.4 is 5.32 Å². The number of nitrogens with zero attached hydrogens (tertiary/aromatic N) is 2. The van der Waals surface area contributed by atoms with E-state index in [1.807, 2.05) is 6.20 Å². The number of carboxylic acids is 1. The smallest absolute Gasteiger partial charge is 0.320 e. The SMILES string of the molecule is O=C(O)C(CCn1cc(Br)cn1)NC1CC1. The number of aromatic nitrogens is 2. The largest absolute Gasteiger partial charge is 0.480 e. The lowest BCUT2D eigenvalue weighted by Gasteiger charge is -2.13. The number of halogens is 1. The highest BCUT2D eigenvalue weighted by atomic mass is 79.9. The van der Waals surface area contributed by atoms with Gasteiger partial charge in [-0.1, -0.05) is 0 Å². The Bertz CT molecular complexity index is 376. The summed E-state index contributed by atoms with van der Waals surface area (Å²) in [5, 5.41) is 16.2. The molecule has 0 radical (unpaired) electrons. The zero-order valence-electron chi connectivity index (χ0n) is 8.77. The summed E-state index contributed by atoms with van der Waals surface area (Å²) in [5.41, 5.74) is 0. The van der Waals surface area contributed by atoms with Gasteiger partial charge in [0.15, 0.2) is 0 Å². The first kappa shape index (κ1) is 11.6. The molecular formula is C10H14BrN3O2. The highest BCUT2D eigenvalue weighted by Crippen LogP contribution is 2.20. The fourth-order valence-corrected chi connectivity index (χ4v) is 1.86. The third-order valence-electron chi connectivity index (χ3n) is 2.56. The molecule has 0 bridgehead atoms. The third kappa shape index (κ3) is 3.31. The van der Waals surface area contributed by atoms with Gasteiger partial charge in [-0.25, -0.2) is 0 Å². The van der Waals surface area contributed by atoms with Crippen molar-refractivity contribution >= 4 is 21.9 Å². The zero-order valence-corrected chi connectivity index (χ0v) is 10.4. The second-order valence-corrected chi connectivity index (χ2v) is 4.96. The monoisotopic (exact) mass is 287 g/mol. The summed E-state index contributed by atoms with van der Waals surface area (Å²) in [4.78, 5) is 11.0. The van der Waals surface area contributed by atoms with Gasteiger partial charge < -0.3 is 10.4 Å². The van der Waals surface area contributed by atoms with Crippen molar-refractivity contribution in [3.8, 4) is 0 Å². The fourth-order valence-electron chi connectivity index (χ4n) is 1.53. The molecule has 16 heavy (non-hydrogen) atoms. The minimum Gasteiger partial charge on any atom is -0.480 e. The molecule has 1 aliphatic rings. The van der Waals surface area contributed by atoms with E-state index < -0.39 is 12.0 Å². The minimum absolute atomic E-state index is 0.408. The van der Waals surface area contributed by atoms with Gasteiger partial charge in [-0.2, -0.15) is 5.10 Å². The number of nitrogens with one attached hydrogen (secondary N) is 1. The molecule has 0 aliphatic heterocycles. The summed E-state index contributed by atoms with van der Waals surface area (Å²) in [6, 6.07) is -0.0547. The number of hydrogen-bond donors (Lipinski definition) is 2. The predicted octanol–water partition coefficient (Wildman–Crippen LogP) is 1.24. The van der Waals surface area contributed by atoms with E-state index in [0.29, 0.717) is 19.0 Å². The number of rotatable bonds is 6. The van der Waals surface area contributed by atoms with E-state index >= 15 is 0 Å². The van der Waals surface area contributed by atoms with E-state index in [1.54, 1.807) is 10.9 Å². The second-order valence-electron chi connectivity index (χ2n) is 4.04. The molecule has 1 fully saturated rings. The predicted molar refractivity (Wildman–Crippen MR) is 62.1 cm³/mol. The van der Waals surface area contributed by atoms with Crippen LogP contribution >= 0.6 is 15.9 Å². The first-order chi connectivity index (χ1) is 7.65. The van der Waals surface area contributed by atoms with Gasteiger partial charge in [0.2, 0.25) is 0 Å². The van der Waals surface area contributed by atoms with Crippen molar-refractivity contribution in [1.29, 1.82) is 0 Å². The average molecular weight is 288 g/mol. The summed E-state index contributed by atoms with van der Waals surface area (Å²) in [6.07, 6.45) is 6.29. The topological polar surface area (TPSA) is 67.1 Å². The number of hydrogen-bond acceptors (Lipinski definition) is 3. The molecule has 1 aliphatic carbocycles. The Hall–Kier alpha value is -0.880. The van der Waals surface area contributed by atoms with Gasteiger partial charge in [0.1, 0.15) is 6.04 Å². The first-order valence-corrected chi connectivity index (χ1v) is 6.11. The van der Waals surface area contributed by atoms with Crippen LogP contribution in [0.3, 0.4) is 0 Å². The molecule has 0 spiro atoms. The number of aryl methyl sites for hydroxylation is 1. The number of carboxylic acid groups (broad SMARTS) is 1. The normalized spacial score (nSPS) is 17.3. The van der Waals surface area contributed by atoms with E-state index in [0.717, 1.165) is 17.3 Å². The van der Waals surface area contributed by atoms with Gasteiger partial charge in [-0.15, -0.1) is 0 Å². The van der Waals surface area contributed by atoms with Crippen molar-refractivity contribution in [3.63, 3.8) is 0 Å². The summed E-state index contributed by atoms with van der Waals surface area (Å²) in [6.45, 7) is 0.613. The molecule has 1 heterocycles. The van der Waals surface area contributed by atoms with E-state index in [4.69, 9.17) is 5.11 Å². The Morgan fingerprint density at radius 1 is 1.75 bits per heavy atom. The van der Waals surface area contributed by atoms with Gasteiger partial charge in [0.05, 0.1) is 10.7 Å². The lowest BCUT2D eigenvalue weighted by Crippen LogP contribution is -2.38. The fraction of sp³-hybridized carbons (Fsp3) is 0.600. The molecule has 1 aromatic rings. The van der Waals surface area contributed by atoms with Crippen LogP contribution in [0.25, 0.3) is 0 Å². The second kappa shape index (κ2) is 4.97. The van der Waals surface area contributed by atoms with Gasteiger partial charge in [0, 0.05) is 18.8 Å². The van der Waals surface area contributed by atoms with Gasteiger partial charge in [0.25, 0.3) is 0 Å². The van der Waals surface area contributed by atoms with Crippen LogP contribution in [0.1, 0.15) is 19.3 Å². The molecule has 0 aromatic carbocycles. The molecule has 5 nitrogen and oxygen atoms in total.